The number of carbonyl (C=O) groups is 1. The highest BCUT2D eigenvalue weighted by atomic mass is 16.4. The van der Waals surface area contributed by atoms with Crippen LogP contribution in [-0.4, -0.2) is 57.5 Å². The molecule has 2 atom stereocenters. The van der Waals surface area contributed by atoms with E-state index in [1.807, 2.05) is 73.7 Å². The van der Waals surface area contributed by atoms with E-state index in [0.29, 0.717) is 12.0 Å². The Bertz CT molecular complexity index is 1150. The second kappa shape index (κ2) is 13.4. The molecule has 3 aromatic rings. The first-order valence-corrected chi connectivity index (χ1v) is 14.0. The van der Waals surface area contributed by atoms with E-state index in [4.69, 9.17) is 0 Å². The molecule has 0 bridgehead atoms. The normalized spacial score (nSPS) is 16.6. The molecule has 1 heterocycles. The number of aliphatic hydroxyl groups is 3. The van der Waals surface area contributed by atoms with Gasteiger partial charge in [-0.2, -0.15) is 0 Å². The second-order valence-electron chi connectivity index (χ2n) is 10.9. The van der Waals surface area contributed by atoms with Crippen molar-refractivity contribution in [1.82, 2.24) is 4.90 Å². The molecule has 6 heteroatoms. The van der Waals surface area contributed by atoms with Crippen molar-refractivity contribution in [1.29, 1.82) is 0 Å². The van der Waals surface area contributed by atoms with E-state index in [9.17, 15) is 25.2 Å². The predicted molar refractivity (Wildman–Crippen MR) is 153 cm³/mol. The molecule has 4 N–H and O–H groups in total. The Hall–Kier alpha value is -3.03. The number of hydrogen-bond acceptors (Lipinski definition) is 5. The van der Waals surface area contributed by atoms with Crippen molar-refractivity contribution in [2.75, 3.05) is 26.2 Å². The molecule has 1 aliphatic heterocycles. The van der Waals surface area contributed by atoms with Gasteiger partial charge < -0.3 is 25.3 Å². The van der Waals surface area contributed by atoms with Crippen LogP contribution in [0.2, 0.25) is 0 Å². The number of aliphatic hydroxyl groups excluding tert-OH is 2. The van der Waals surface area contributed by atoms with Crippen LogP contribution in [0, 0.1) is 5.92 Å². The molecule has 0 aromatic heterocycles. The van der Waals surface area contributed by atoms with Gasteiger partial charge in [0.2, 0.25) is 0 Å². The zero-order chi connectivity index (χ0) is 27.8. The zero-order valence-electron chi connectivity index (χ0n) is 22.7. The van der Waals surface area contributed by atoms with Crippen molar-refractivity contribution < 1.29 is 25.2 Å². The summed E-state index contributed by atoms with van der Waals surface area (Å²) in [6.07, 6.45) is 2.45. The number of carboxylic acids is 1. The minimum absolute atomic E-state index is 0.0776. The van der Waals surface area contributed by atoms with Gasteiger partial charge >= 0.3 is 5.97 Å². The van der Waals surface area contributed by atoms with Crippen LogP contribution in [0.3, 0.4) is 0 Å². The van der Waals surface area contributed by atoms with Crippen LogP contribution >= 0.6 is 0 Å². The number of piperidine rings is 1. The van der Waals surface area contributed by atoms with Crippen LogP contribution in [0.5, 0.6) is 0 Å². The molecule has 6 nitrogen and oxygen atoms in total. The number of carboxylic acid groups (broad SMARTS) is 1. The number of rotatable bonds is 12. The van der Waals surface area contributed by atoms with Gasteiger partial charge in [-0.05, 0) is 79.1 Å². The first-order valence-electron chi connectivity index (χ1n) is 14.0. The summed E-state index contributed by atoms with van der Waals surface area (Å²) in [5.41, 5.74) is 3.05. The van der Waals surface area contributed by atoms with Crippen molar-refractivity contribution in [3.63, 3.8) is 0 Å². The third-order valence-corrected chi connectivity index (χ3v) is 8.26. The Kier molecular flexibility index (Phi) is 9.92. The summed E-state index contributed by atoms with van der Waals surface area (Å²) in [6.45, 7) is 4.44. The predicted octanol–water partition coefficient (Wildman–Crippen LogP) is 4.87. The van der Waals surface area contributed by atoms with Gasteiger partial charge in [0, 0.05) is 12.5 Å². The molecular weight excluding hydrogens is 490 g/mol. The molecule has 0 radical (unpaired) electrons. The Morgan fingerprint density at radius 2 is 1.56 bits per heavy atom. The maximum absolute atomic E-state index is 12.1. The van der Waals surface area contributed by atoms with Gasteiger partial charge in [0.15, 0.2) is 0 Å². The lowest BCUT2D eigenvalue weighted by molar-refractivity contribution is -0.136. The maximum atomic E-state index is 12.1. The van der Waals surface area contributed by atoms with Crippen LogP contribution in [0.1, 0.15) is 72.4 Å². The highest BCUT2D eigenvalue weighted by Gasteiger charge is 2.41. The highest BCUT2D eigenvalue weighted by Crippen LogP contribution is 2.42. The van der Waals surface area contributed by atoms with Crippen LogP contribution < -0.4 is 0 Å². The van der Waals surface area contributed by atoms with Crippen LogP contribution in [0.4, 0.5) is 0 Å². The Balaban J connectivity index is 1.34. The van der Waals surface area contributed by atoms with Crippen molar-refractivity contribution in [2.24, 2.45) is 5.92 Å². The van der Waals surface area contributed by atoms with Crippen molar-refractivity contribution in [2.45, 2.75) is 56.7 Å². The summed E-state index contributed by atoms with van der Waals surface area (Å²) < 4.78 is 0. The van der Waals surface area contributed by atoms with E-state index in [-0.39, 0.29) is 24.9 Å². The quantitative estimate of drug-likeness (QED) is 0.266. The van der Waals surface area contributed by atoms with E-state index in [2.05, 4.69) is 4.90 Å². The van der Waals surface area contributed by atoms with Crippen LogP contribution in [-0.2, 0) is 16.8 Å². The third-order valence-electron chi connectivity index (χ3n) is 8.26. The van der Waals surface area contributed by atoms with E-state index in [1.165, 1.54) is 0 Å². The fraction of sp³-hybridized carbons (Fsp3) is 0.424. The van der Waals surface area contributed by atoms with Gasteiger partial charge in [0.05, 0.1) is 12.5 Å². The molecule has 208 valence electrons. The SMILES string of the molecule is CC(CO)c1cc(C(O)CCCN2CCC(C(O)(c3ccccc3)c3ccccc3)CC2)ccc1CC(=O)O. The standard InChI is InChI=1S/C33H41NO5/c1-24(23-35)30-21-26(15-14-25(30)22-32(37)38)31(36)13-8-18-34-19-16-29(17-20-34)33(39,27-9-4-2-5-10-27)28-11-6-3-7-12-28/h2-7,9-12,14-15,21,24,29,31,35-36,39H,8,13,16-20,22-23H2,1H3,(H,37,38). The molecule has 0 saturated carbocycles. The molecule has 1 saturated heterocycles. The van der Waals surface area contributed by atoms with E-state index in [1.54, 1.807) is 12.1 Å². The molecular formula is C33H41NO5. The van der Waals surface area contributed by atoms with Crippen LogP contribution in [0.25, 0.3) is 0 Å². The third kappa shape index (κ3) is 6.95. The molecule has 0 aliphatic carbocycles. The molecule has 1 fully saturated rings. The van der Waals surface area contributed by atoms with E-state index >= 15 is 0 Å². The monoisotopic (exact) mass is 531 g/mol. The summed E-state index contributed by atoms with van der Waals surface area (Å²) >= 11 is 0. The molecule has 0 spiro atoms. The lowest BCUT2D eigenvalue weighted by atomic mass is 9.72. The maximum Gasteiger partial charge on any atom is 0.307 e. The molecule has 0 amide bonds. The lowest BCUT2D eigenvalue weighted by Crippen LogP contribution is -2.44. The molecule has 1 aliphatic rings. The van der Waals surface area contributed by atoms with Gasteiger partial charge in [-0.15, -0.1) is 0 Å². The van der Waals surface area contributed by atoms with E-state index < -0.39 is 17.7 Å². The molecule has 39 heavy (non-hydrogen) atoms. The fourth-order valence-electron chi connectivity index (χ4n) is 5.97. The second-order valence-corrected chi connectivity index (χ2v) is 10.9. The van der Waals surface area contributed by atoms with Gasteiger partial charge in [0.1, 0.15) is 5.60 Å². The average molecular weight is 532 g/mol. The summed E-state index contributed by atoms with van der Waals surface area (Å²) in [4.78, 5) is 13.6. The van der Waals surface area contributed by atoms with Crippen LogP contribution in [0.15, 0.2) is 78.9 Å². The number of likely N-dealkylation sites (tertiary alicyclic amines) is 1. The highest BCUT2D eigenvalue weighted by molar-refractivity contribution is 5.71. The van der Waals surface area contributed by atoms with Crippen molar-refractivity contribution in [3.05, 3.63) is 107 Å². The average Bonchev–Trinajstić information content (AvgIpc) is 2.97. The number of hydrogen-bond donors (Lipinski definition) is 4. The Morgan fingerprint density at radius 1 is 0.974 bits per heavy atom. The molecule has 2 unspecified atom stereocenters. The zero-order valence-corrected chi connectivity index (χ0v) is 22.7. The molecule has 4 rings (SSSR count). The van der Waals surface area contributed by atoms with E-state index in [0.717, 1.165) is 61.2 Å². The minimum atomic E-state index is -1.03. The largest absolute Gasteiger partial charge is 0.481 e. The lowest BCUT2D eigenvalue weighted by Gasteiger charge is -2.42. The Morgan fingerprint density at radius 3 is 2.10 bits per heavy atom. The topological polar surface area (TPSA) is 101 Å². The van der Waals surface area contributed by atoms with Gasteiger partial charge in [-0.1, -0.05) is 85.8 Å². The number of benzene rings is 3. The summed E-state index contributed by atoms with van der Waals surface area (Å²) in [5.74, 6) is -0.997. The van der Waals surface area contributed by atoms with Crippen molar-refractivity contribution >= 4 is 5.97 Å². The number of nitrogens with zero attached hydrogens (tertiary/aromatic N) is 1. The fourth-order valence-corrected chi connectivity index (χ4v) is 5.97. The first-order chi connectivity index (χ1) is 18.8. The van der Waals surface area contributed by atoms with Gasteiger partial charge in [0.25, 0.3) is 0 Å². The smallest absolute Gasteiger partial charge is 0.307 e. The van der Waals surface area contributed by atoms with Gasteiger partial charge in [-0.3, -0.25) is 4.79 Å². The van der Waals surface area contributed by atoms with Crippen molar-refractivity contribution in [3.8, 4) is 0 Å². The molecule has 3 aromatic carbocycles. The summed E-state index contributed by atoms with van der Waals surface area (Å²) in [7, 11) is 0. The number of aliphatic carboxylic acids is 1. The van der Waals surface area contributed by atoms with Gasteiger partial charge in [-0.25, -0.2) is 0 Å². The summed E-state index contributed by atoms with van der Waals surface area (Å²) in [6, 6.07) is 25.4. The minimum Gasteiger partial charge on any atom is -0.481 e. The first kappa shape index (κ1) is 29.0. The summed E-state index contributed by atoms with van der Waals surface area (Å²) in [5, 5.41) is 41.8. The Labute approximate surface area is 231 Å².